The van der Waals surface area contributed by atoms with Crippen molar-refractivity contribution in [1.29, 1.82) is 0 Å². The van der Waals surface area contributed by atoms with Gasteiger partial charge in [0.2, 0.25) is 15.8 Å². The molecule has 3 rings (SSSR count). The highest BCUT2D eigenvalue weighted by atomic mass is 32.2. The molecular formula is C17H20N6O4S. The summed E-state index contributed by atoms with van der Waals surface area (Å²) in [5.41, 5.74) is 1.82. The highest BCUT2D eigenvalue weighted by molar-refractivity contribution is 7.89. The number of hydrogen-bond acceptors (Lipinski definition) is 7. The van der Waals surface area contributed by atoms with Crippen LogP contribution in [-0.4, -0.2) is 59.4 Å². The number of ether oxygens (including phenoxy) is 1. The van der Waals surface area contributed by atoms with E-state index in [1.54, 1.807) is 0 Å². The maximum absolute atomic E-state index is 12.6. The molecule has 1 N–H and O–H groups in total. The molecule has 148 valence electrons. The van der Waals surface area contributed by atoms with E-state index in [-0.39, 0.29) is 22.2 Å². The lowest BCUT2D eigenvalue weighted by Crippen LogP contribution is -2.23. The van der Waals surface area contributed by atoms with E-state index in [1.807, 2.05) is 19.9 Å². The average Bonchev–Trinajstić information content (AvgIpc) is 3.06. The number of nitrogens with zero attached hydrogens (tertiary/aromatic N) is 5. The predicted molar refractivity (Wildman–Crippen MR) is 102 cm³/mol. The highest BCUT2D eigenvalue weighted by Gasteiger charge is 2.23. The Hall–Kier alpha value is -3.05. The first-order valence-corrected chi connectivity index (χ1v) is 9.70. The number of carbonyl (C=O) groups is 1. The van der Waals surface area contributed by atoms with E-state index < -0.39 is 15.9 Å². The first kappa shape index (κ1) is 19.7. The Morgan fingerprint density at radius 2 is 1.89 bits per heavy atom. The van der Waals surface area contributed by atoms with Crippen LogP contribution in [0.1, 0.15) is 22.0 Å². The Morgan fingerprint density at radius 1 is 1.18 bits per heavy atom. The molecule has 0 bridgehead atoms. The number of hydrogen-bond donors (Lipinski definition) is 1. The van der Waals surface area contributed by atoms with E-state index in [2.05, 4.69) is 20.4 Å². The van der Waals surface area contributed by atoms with Crippen molar-refractivity contribution in [2.24, 2.45) is 0 Å². The van der Waals surface area contributed by atoms with Crippen molar-refractivity contribution in [2.75, 3.05) is 26.5 Å². The Kier molecular flexibility index (Phi) is 5.04. The summed E-state index contributed by atoms with van der Waals surface area (Å²) in [5.74, 6) is -0.170. The molecule has 0 aliphatic carbocycles. The zero-order chi connectivity index (χ0) is 20.6. The molecule has 0 aliphatic heterocycles. The zero-order valence-electron chi connectivity index (χ0n) is 16.1. The fourth-order valence-electron chi connectivity index (χ4n) is 2.60. The van der Waals surface area contributed by atoms with Crippen LogP contribution in [0.15, 0.2) is 29.2 Å². The minimum Gasteiger partial charge on any atom is -0.495 e. The first-order chi connectivity index (χ1) is 13.1. The van der Waals surface area contributed by atoms with Crippen LogP contribution in [-0.2, 0) is 10.0 Å². The number of benzene rings is 1. The number of rotatable bonds is 5. The molecule has 0 fully saturated rings. The number of sulfonamides is 1. The molecule has 0 atom stereocenters. The van der Waals surface area contributed by atoms with Gasteiger partial charge >= 0.3 is 0 Å². The molecule has 0 saturated heterocycles. The van der Waals surface area contributed by atoms with Crippen LogP contribution < -0.4 is 10.1 Å². The van der Waals surface area contributed by atoms with Gasteiger partial charge < -0.3 is 10.1 Å². The molecule has 0 unspecified atom stereocenters. The second kappa shape index (κ2) is 7.17. The van der Waals surface area contributed by atoms with E-state index in [0.29, 0.717) is 5.78 Å². The quantitative estimate of drug-likeness (QED) is 0.680. The topological polar surface area (TPSA) is 119 Å². The molecule has 1 amide bonds. The number of carbonyl (C=O) groups excluding carboxylic acids is 1. The molecule has 11 heteroatoms. The molecule has 0 aliphatic rings. The van der Waals surface area contributed by atoms with Gasteiger partial charge in [-0.1, -0.05) is 0 Å². The van der Waals surface area contributed by atoms with Gasteiger partial charge in [0.1, 0.15) is 10.6 Å². The van der Waals surface area contributed by atoms with Crippen molar-refractivity contribution < 1.29 is 17.9 Å². The van der Waals surface area contributed by atoms with Crippen LogP contribution >= 0.6 is 0 Å². The molecule has 0 saturated carbocycles. The summed E-state index contributed by atoms with van der Waals surface area (Å²) in [6, 6.07) is 6.16. The van der Waals surface area contributed by atoms with Crippen LogP contribution in [0, 0.1) is 13.8 Å². The summed E-state index contributed by atoms with van der Waals surface area (Å²) in [4.78, 5) is 20.9. The summed E-state index contributed by atoms with van der Waals surface area (Å²) >= 11 is 0. The number of fused-ring (bicyclic) bond motifs is 1. The van der Waals surface area contributed by atoms with Crippen LogP contribution in [0.25, 0.3) is 5.78 Å². The van der Waals surface area contributed by atoms with Crippen LogP contribution in [0.5, 0.6) is 5.75 Å². The van der Waals surface area contributed by atoms with Crippen molar-refractivity contribution in [2.45, 2.75) is 18.7 Å². The Morgan fingerprint density at radius 3 is 2.54 bits per heavy atom. The molecule has 1 aromatic carbocycles. The molecule has 2 heterocycles. The largest absolute Gasteiger partial charge is 0.495 e. The lowest BCUT2D eigenvalue weighted by Gasteiger charge is -2.15. The number of nitrogens with one attached hydrogen (secondary N) is 1. The predicted octanol–water partition coefficient (Wildman–Crippen LogP) is 1.25. The second-order valence-corrected chi connectivity index (χ2v) is 8.41. The minimum atomic E-state index is -3.76. The zero-order valence-corrected chi connectivity index (χ0v) is 16.9. The van der Waals surface area contributed by atoms with E-state index in [0.717, 1.165) is 15.7 Å². The van der Waals surface area contributed by atoms with Gasteiger partial charge in [-0.3, -0.25) is 4.79 Å². The van der Waals surface area contributed by atoms with E-state index in [1.165, 1.54) is 43.9 Å². The maximum atomic E-state index is 12.6. The molecule has 10 nitrogen and oxygen atoms in total. The maximum Gasteiger partial charge on any atom is 0.295 e. The third-order valence-electron chi connectivity index (χ3n) is 4.00. The molecular weight excluding hydrogens is 384 g/mol. The van der Waals surface area contributed by atoms with Crippen LogP contribution in [0.4, 0.5) is 5.69 Å². The highest BCUT2D eigenvalue weighted by Crippen LogP contribution is 2.29. The molecule has 3 aromatic rings. The molecule has 0 radical (unpaired) electrons. The Balaban J connectivity index is 1.96. The number of methoxy groups -OCH3 is 1. The summed E-state index contributed by atoms with van der Waals surface area (Å²) in [5, 5.41) is 6.77. The average molecular weight is 404 g/mol. The third-order valence-corrected chi connectivity index (χ3v) is 5.84. The third kappa shape index (κ3) is 3.53. The van der Waals surface area contributed by atoms with Gasteiger partial charge in [-0.25, -0.2) is 22.2 Å². The fourth-order valence-corrected chi connectivity index (χ4v) is 3.68. The van der Waals surface area contributed by atoms with Gasteiger partial charge in [-0.05, 0) is 38.1 Å². The SMILES string of the molecule is COc1ccc(NC(=O)c2nc3nc(C)cc(C)n3n2)cc1S(=O)(=O)N(C)C. The lowest BCUT2D eigenvalue weighted by molar-refractivity contribution is 0.101. The first-order valence-electron chi connectivity index (χ1n) is 8.26. The molecule has 28 heavy (non-hydrogen) atoms. The Bertz CT molecular complexity index is 1170. The number of aryl methyl sites for hydroxylation is 2. The van der Waals surface area contributed by atoms with Crippen molar-refractivity contribution in [3.8, 4) is 5.75 Å². The van der Waals surface area contributed by atoms with Crippen molar-refractivity contribution in [3.05, 3.63) is 41.5 Å². The monoisotopic (exact) mass is 404 g/mol. The van der Waals surface area contributed by atoms with Gasteiger partial charge in [0, 0.05) is 31.2 Å². The molecule has 2 aromatic heterocycles. The molecule has 0 spiro atoms. The summed E-state index contributed by atoms with van der Waals surface area (Å²) in [6.07, 6.45) is 0. The van der Waals surface area contributed by atoms with Crippen LogP contribution in [0.2, 0.25) is 0 Å². The van der Waals surface area contributed by atoms with Crippen molar-refractivity contribution in [1.82, 2.24) is 23.9 Å². The number of amides is 1. The van der Waals surface area contributed by atoms with Gasteiger partial charge in [0.15, 0.2) is 0 Å². The minimum absolute atomic E-state index is 0.0612. The van der Waals surface area contributed by atoms with E-state index in [9.17, 15) is 13.2 Å². The van der Waals surface area contributed by atoms with E-state index >= 15 is 0 Å². The number of aromatic nitrogens is 4. The number of anilines is 1. The lowest BCUT2D eigenvalue weighted by atomic mass is 10.3. The van der Waals surface area contributed by atoms with Gasteiger partial charge in [-0.2, -0.15) is 4.98 Å². The normalized spacial score (nSPS) is 11.8. The summed E-state index contributed by atoms with van der Waals surface area (Å²) in [6.45, 7) is 3.66. The van der Waals surface area contributed by atoms with Crippen molar-refractivity contribution >= 4 is 27.4 Å². The van der Waals surface area contributed by atoms with E-state index in [4.69, 9.17) is 4.74 Å². The van der Waals surface area contributed by atoms with Gasteiger partial charge in [0.05, 0.1) is 7.11 Å². The second-order valence-electron chi connectivity index (χ2n) is 6.29. The van der Waals surface area contributed by atoms with Crippen LogP contribution in [0.3, 0.4) is 0 Å². The van der Waals surface area contributed by atoms with Gasteiger partial charge in [-0.15, -0.1) is 5.10 Å². The standard InChI is InChI=1S/C17H20N6O4S/c1-10-8-11(2)23-17(18-10)20-15(21-23)16(24)19-12-6-7-13(27-5)14(9-12)28(25,26)22(3)4/h6-9H,1-5H3,(H,19,24). The van der Waals surface area contributed by atoms with Gasteiger partial charge in [0.25, 0.3) is 11.7 Å². The smallest absolute Gasteiger partial charge is 0.295 e. The van der Waals surface area contributed by atoms with Crippen molar-refractivity contribution in [3.63, 3.8) is 0 Å². The summed E-state index contributed by atoms with van der Waals surface area (Å²) < 4.78 is 32.7. The Labute approximate surface area is 162 Å². The summed E-state index contributed by atoms with van der Waals surface area (Å²) in [7, 11) is 0.443. The fraction of sp³-hybridized carbons (Fsp3) is 0.294.